The van der Waals surface area contributed by atoms with E-state index in [9.17, 15) is 9.59 Å². The number of carbonyl (C=O) groups is 2. The average Bonchev–Trinajstić information content (AvgIpc) is 2.56. The molecule has 1 saturated carbocycles. The Kier molecular flexibility index (Phi) is 7.00. The first-order valence-electron chi connectivity index (χ1n) is 8.91. The van der Waals surface area contributed by atoms with Crippen LogP contribution in [0.1, 0.15) is 52.0 Å². The van der Waals surface area contributed by atoms with E-state index < -0.39 is 0 Å². The molecule has 1 aliphatic carbocycles. The molecule has 3 nitrogen and oxygen atoms in total. The number of nitrogens with one attached hydrogen (secondary N) is 1. The van der Waals surface area contributed by atoms with Gasteiger partial charge in [0.05, 0.1) is 6.04 Å². The van der Waals surface area contributed by atoms with Gasteiger partial charge in [0.1, 0.15) is 5.78 Å². The van der Waals surface area contributed by atoms with Gasteiger partial charge in [-0.15, -0.1) is 0 Å². The van der Waals surface area contributed by atoms with Gasteiger partial charge in [-0.2, -0.15) is 0 Å². The maximum atomic E-state index is 12.6. The maximum Gasteiger partial charge on any atom is 0.152 e. The van der Waals surface area contributed by atoms with Crippen LogP contribution < -0.4 is 5.32 Å². The molecule has 0 spiro atoms. The van der Waals surface area contributed by atoms with E-state index in [0.29, 0.717) is 23.3 Å². The van der Waals surface area contributed by atoms with Crippen molar-refractivity contribution in [2.75, 3.05) is 0 Å². The summed E-state index contributed by atoms with van der Waals surface area (Å²) < 4.78 is 0. The van der Waals surface area contributed by atoms with Gasteiger partial charge in [0.25, 0.3) is 0 Å². The molecule has 2 rings (SSSR count). The summed E-state index contributed by atoms with van der Waals surface area (Å²) in [4.78, 5) is 24.1. The molecule has 1 atom stereocenters. The molecule has 1 aromatic carbocycles. The smallest absolute Gasteiger partial charge is 0.152 e. The van der Waals surface area contributed by atoms with Gasteiger partial charge in [0, 0.05) is 22.9 Å². The zero-order valence-electron chi connectivity index (χ0n) is 14.8. The molecule has 0 radical (unpaired) electrons. The monoisotopic (exact) mass is 349 g/mol. The zero-order chi connectivity index (χ0) is 17.7. The minimum absolute atomic E-state index is 0.00311. The fraction of sp³-hybridized carbons (Fsp3) is 0.600. The van der Waals surface area contributed by atoms with Crippen molar-refractivity contribution in [2.24, 2.45) is 11.8 Å². The number of ketones is 2. The van der Waals surface area contributed by atoms with Crippen LogP contribution >= 0.6 is 11.6 Å². The van der Waals surface area contributed by atoms with Crippen LogP contribution in [0.5, 0.6) is 0 Å². The van der Waals surface area contributed by atoms with E-state index in [4.69, 9.17) is 11.6 Å². The minimum Gasteiger partial charge on any atom is -0.304 e. The Bertz CT molecular complexity index is 560. The first-order chi connectivity index (χ1) is 11.4. The Morgan fingerprint density at radius 1 is 1.12 bits per heavy atom. The number of halogens is 1. The van der Waals surface area contributed by atoms with Crippen LogP contribution in [0.25, 0.3) is 0 Å². The van der Waals surface area contributed by atoms with Crippen LogP contribution in [-0.2, 0) is 16.0 Å². The normalized spacial score (nSPS) is 22.4. The second-order valence-corrected chi connectivity index (χ2v) is 7.70. The van der Waals surface area contributed by atoms with Crippen molar-refractivity contribution >= 4 is 23.2 Å². The summed E-state index contributed by atoms with van der Waals surface area (Å²) in [6.07, 6.45) is 4.47. The van der Waals surface area contributed by atoms with Crippen molar-refractivity contribution in [1.82, 2.24) is 5.32 Å². The molecule has 0 amide bonds. The summed E-state index contributed by atoms with van der Waals surface area (Å²) in [5, 5.41) is 4.28. The van der Waals surface area contributed by atoms with Gasteiger partial charge in [0.2, 0.25) is 0 Å². The Morgan fingerprint density at radius 2 is 1.71 bits per heavy atom. The number of rotatable bonds is 7. The third-order valence-corrected chi connectivity index (χ3v) is 5.26. The van der Waals surface area contributed by atoms with Crippen LogP contribution in [0, 0.1) is 11.8 Å². The second-order valence-electron chi connectivity index (χ2n) is 7.27. The molecule has 0 bridgehead atoms. The van der Waals surface area contributed by atoms with Crippen molar-refractivity contribution in [3.8, 4) is 0 Å². The molecule has 24 heavy (non-hydrogen) atoms. The quantitative estimate of drug-likeness (QED) is 0.801. The van der Waals surface area contributed by atoms with E-state index in [2.05, 4.69) is 5.32 Å². The first kappa shape index (κ1) is 19.1. The molecule has 1 aromatic rings. The van der Waals surface area contributed by atoms with Gasteiger partial charge in [-0.3, -0.25) is 9.59 Å². The van der Waals surface area contributed by atoms with Crippen LogP contribution in [0.4, 0.5) is 0 Å². The highest BCUT2D eigenvalue weighted by Gasteiger charge is 2.28. The molecule has 0 saturated heterocycles. The average molecular weight is 350 g/mol. The fourth-order valence-electron chi connectivity index (χ4n) is 3.45. The molecule has 0 heterocycles. The largest absolute Gasteiger partial charge is 0.304 e. The number of hydrogen-bond donors (Lipinski definition) is 1. The maximum absolute atomic E-state index is 12.6. The third kappa shape index (κ3) is 5.42. The molecular formula is C20H28ClNO2. The van der Waals surface area contributed by atoms with Crippen molar-refractivity contribution in [3.63, 3.8) is 0 Å². The van der Waals surface area contributed by atoms with Gasteiger partial charge < -0.3 is 5.32 Å². The Balaban J connectivity index is 2.00. The van der Waals surface area contributed by atoms with E-state index >= 15 is 0 Å². The highest BCUT2D eigenvalue weighted by Crippen LogP contribution is 2.26. The highest BCUT2D eigenvalue weighted by molar-refractivity contribution is 6.30. The predicted octanol–water partition coefficient (Wildman–Crippen LogP) is 4.21. The van der Waals surface area contributed by atoms with Crippen LogP contribution in [0.2, 0.25) is 5.02 Å². The lowest BCUT2D eigenvalue weighted by molar-refractivity contribution is -0.125. The molecule has 0 unspecified atom stereocenters. The number of hydrogen-bond acceptors (Lipinski definition) is 3. The SMILES string of the molecule is CC(=O)C1CCC(N[C@H](Cc2ccc(Cl)cc2)C(=O)C(C)C)CC1. The summed E-state index contributed by atoms with van der Waals surface area (Å²) >= 11 is 5.95. The van der Waals surface area contributed by atoms with Gasteiger partial charge in [-0.25, -0.2) is 0 Å². The first-order valence-corrected chi connectivity index (χ1v) is 9.29. The van der Waals surface area contributed by atoms with Crippen LogP contribution in [0.3, 0.4) is 0 Å². The number of Topliss-reactive ketones (excluding diaryl/α,β-unsaturated/α-hetero) is 2. The van der Waals surface area contributed by atoms with Crippen LogP contribution in [0.15, 0.2) is 24.3 Å². The van der Waals surface area contributed by atoms with Gasteiger partial charge in [0.15, 0.2) is 5.78 Å². The van der Waals surface area contributed by atoms with Crippen LogP contribution in [-0.4, -0.2) is 23.7 Å². The lowest BCUT2D eigenvalue weighted by Gasteiger charge is -2.31. The molecule has 0 aliphatic heterocycles. The molecule has 132 valence electrons. The van der Waals surface area contributed by atoms with E-state index in [1.165, 1.54) is 0 Å². The summed E-state index contributed by atoms with van der Waals surface area (Å²) in [7, 11) is 0. The summed E-state index contributed by atoms with van der Waals surface area (Å²) in [6, 6.07) is 7.84. The summed E-state index contributed by atoms with van der Waals surface area (Å²) in [5.74, 6) is 0.755. The number of carbonyl (C=O) groups excluding carboxylic acids is 2. The topological polar surface area (TPSA) is 46.2 Å². The highest BCUT2D eigenvalue weighted by atomic mass is 35.5. The third-order valence-electron chi connectivity index (χ3n) is 5.00. The zero-order valence-corrected chi connectivity index (χ0v) is 15.6. The molecule has 0 aromatic heterocycles. The van der Waals surface area contributed by atoms with Gasteiger partial charge in [-0.1, -0.05) is 37.6 Å². The second kappa shape index (κ2) is 8.77. The Hall–Kier alpha value is -1.19. The molecule has 1 N–H and O–H groups in total. The van der Waals surface area contributed by atoms with E-state index in [-0.39, 0.29) is 23.7 Å². The van der Waals surface area contributed by atoms with Crippen molar-refractivity contribution < 1.29 is 9.59 Å². The van der Waals surface area contributed by atoms with Crippen molar-refractivity contribution in [3.05, 3.63) is 34.9 Å². The van der Waals surface area contributed by atoms with E-state index in [0.717, 1.165) is 31.2 Å². The fourth-order valence-corrected chi connectivity index (χ4v) is 3.58. The lowest BCUT2D eigenvalue weighted by Crippen LogP contribution is -2.47. The minimum atomic E-state index is -0.176. The van der Waals surface area contributed by atoms with Gasteiger partial charge >= 0.3 is 0 Å². The van der Waals surface area contributed by atoms with E-state index in [1.807, 2.05) is 38.1 Å². The molecular weight excluding hydrogens is 322 g/mol. The van der Waals surface area contributed by atoms with Crippen molar-refractivity contribution in [1.29, 1.82) is 0 Å². The predicted molar refractivity (Wildman–Crippen MR) is 98.4 cm³/mol. The Morgan fingerprint density at radius 3 is 2.21 bits per heavy atom. The van der Waals surface area contributed by atoms with Gasteiger partial charge in [-0.05, 0) is 56.7 Å². The standard InChI is InChI=1S/C20H28ClNO2/c1-13(2)20(24)19(12-15-4-8-17(21)9-5-15)22-18-10-6-16(7-11-18)14(3)23/h4-5,8-9,13,16,18-19,22H,6-7,10-12H2,1-3H3/t16?,18?,19-/m1/s1. The molecule has 1 fully saturated rings. The Labute approximate surface area is 150 Å². The molecule has 1 aliphatic rings. The summed E-state index contributed by atoms with van der Waals surface area (Å²) in [5.41, 5.74) is 1.11. The number of benzene rings is 1. The van der Waals surface area contributed by atoms with E-state index in [1.54, 1.807) is 6.92 Å². The molecule has 4 heteroatoms. The lowest BCUT2D eigenvalue weighted by atomic mass is 9.83. The van der Waals surface area contributed by atoms with Crippen molar-refractivity contribution in [2.45, 2.75) is 65.0 Å². The summed E-state index contributed by atoms with van der Waals surface area (Å²) in [6.45, 7) is 5.58.